The Labute approximate surface area is 117 Å². The zero-order chi connectivity index (χ0) is 13.8. The minimum absolute atomic E-state index is 0.221. The molecule has 3 aromatic rings. The van der Waals surface area contributed by atoms with Gasteiger partial charge in [0.15, 0.2) is 0 Å². The Kier molecular flexibility index (Phi) is 3.46. The third kappa shape index (κ3) is 2.69. The highest BCUT2D eigenvalue weighted by Crippen LogP contribution is 2.12. The molecule has 0 unspecified atom stereocenters. The Balaban J connectivity index is 1.73. The highest BCUT2D eigenvalue weighted by atomic mass is 32.1. The molecule has 7 nitrogen and oxygen atoms in total. The molecule has 0 fully saturated rings. The molecule has 0 radical (unpaired) electrons. The summed E-state index contributed by atoms with van der Waals surface area (Å²) in [7, 11) is 0. The van der Waals surface area contributed by atoms with Crippen LogP contribution in [0.1, 0.15) is 15.2 Å². The summed E-state index contributed by atoms with van der Waals surface area (Å²) in [6.45, 7) is 0.221. The Hall–Kier alpha value is -2.61. The van der Waals surface area contributed by atoms with E-state index in [9.17, 15) is 4.79 Å². The number of benzene rings is 1. The van der Waals surface area contributed by atoms with Crippen LogP contribution in [0, 0.1) is 0 Å². The Morgan fingerprint density at radius 1 is 1.40 bits per heavy atom. The van der Waals surface area contributed by atoms with Crippen LogP contribution in [0.25, 0.3) is 5.69 Å². The van der Waals surface area contributed by atoms with Crippen LogP contribution in [-0.2, 0) is 11.3 Å². The van der Waals surface area contributed by atoms with Gasteiger partial charge in [0.05, 0.1) is 21.6 Å². The average Bonchev–Trinajstić information content (AvgIpc) is 3.18. The van der Waals surface area contributed by atoms with E-state index in [2.05, 4.69) is 20.5 Å². The van der Waals surface area contributed by atoms with Crippen LogP contribution in [0.3, 0.4) is 0 Å². The molecule has 0 N–H and O–H groups in total. The van der Waals surface area contributed by atoms with Crippen LogP contribution in [0.15, 0.2) is 42.3 Å². The maximum absolute atomic E-state index is 12.0. The first-order valence-electron chi connectivity index (χ1n) is 5.71. The molecule has 2 aromatic heterocycles. The van der Waals surface area contributed by atoms with Gasteiger partial charge in [-0.1, -0.05) is 6.07 Å². The molecule has 0 aliphatic carbocycles. The van der Waals surface area contributed by atoms with Gasteiger partial charge in [-0.05, 0) is 28.6 Å². The number of rotatable bonds is 4. The van der Waals surface area contributed by atoms with Gasteiger partial charge in [0.1, 0.15) is 12.9 Å². The van der Waals surface area contributed by atoms with Crippen LogP contribution in [0.2, 0.25) is 0 Å². The number of tetrazole rings is 1. The first-order valence-corrected chi connectivity index (χ1v) is 6.59. The molecule has 0 aliphatic rings. The molecule has 0 bridgehead atoms. The zero-order valence-corrected chi connectivity index (χ0v) is 11.0. The Morgan fingerprint density at radius 3 is 3.10 bits per heavy atom. The number of carbonyl (C=O) groups excluding carboxylic acids is 1. The predicted octanol–water partition coefficient (Wildman–Crippen LogP) is 1.48. The number of esters is 1. The summed E-state index contributed by atoms with van der Waals surface area (Å²) in [6, 6.07) is 6.91. The number of aromatic nitrogens is 5. The quantitative estimate of drug-likeness (QED) is 0.676. The molecule has 3 rings (SSSR count). The second kappa shape index (κ2) is 5.57. The first-order chi connectivity index (χ1) is 9.83. The van der Waals surface area contributed by atoms with Gasteiger partial charge in [-0.2, -0.15) is 0 Å². The Bertz CT molecular complexity index is 696. The molecular formula is C12H9N5O2S. The molecule has 0 spiro atoms. The van der Waals surface area contributed by atoms with Crippen molar-refractivity contribution >= 4 is 17.3 Å². The van der Waals surface area contributed by atoms with Gasteiger partial charge in [0.25, 0.3) is 0 Å². The van der Waals surface area contributed by atoms with Gasteiger partial charge in [0, 0.05) is 6.20 Å². The standard InChI is InChI=1S/C12H9N5O2S/c18-12(19-6-11-5-13-8-20-11)9-2-1-3-10(4-9)17-7-14-15-16-17/h1-5,7-8H,6H2. The van der Waals surface area contributed by atoms with Gasteiger partial charge >= 0.3 is 5.97 Å². The van der Waals surface area contributed by atoms with Crippen molar-refractivity contribution in [2.75, 3.05) is 0 Å². The second-order valence-corrected chi connectivity index (χ2v) is 4.82. The topological polar surface area (TPSA) is 82.8 Å². The van der Waals surface area contributed by atoms with E-state index in [0.717, 1.165) is 4.88 Å². The summed E-state index contributed by atoms with van der Waals surface area (Å²) in [5.74, 6) is -0.395. The molecule has 0 saturated heterocycles. The fourth-order valence-electron chi connectivity index (χ4n) is 1.59. The normalized spacial score (nSPS) is 10.4. The van der Waals surface area contributed by atoms with Crippen molar-refractivity contribution in [3.8, 4) is 5.69 Å². The lowest BCUT2D eigenvalue weighted by Gasteiger charge is -2.05. The van der Waals surface area contributed by atoms with E-state index in [-0.39, 0.29) is 6.61 Å². The fraction of sp³-hybridized carbons (Fsp3) is 0.0833. The van der Waals surface area contributed by atoms with E-state index < -0.39 is 5.97 Å². The molecule has 8 heteroatoms. The Morgan fingerprint density at radius 2 is 2.35 bits per heavy atom. The molecule has 0 saturated carbocycles. The summed E-state index contributed by atoms with van der Waals surface area (Å²) in [5.41, 5.74) is 2.84. The van der Waals surface area contributed by atoms with Crippen molar-refractivity contribution < 1.29 is 9.53 Å². The maximum atomic E-state index is 12.0. The summed E-state index contributed by atoms with van der Waals surface area (Å²) in [4.78, 5) is 16.8. The molecule has 0 atom stereocenters. The summed E-state index contributed by atoms with van der Waals surface area (Å²) < 4.78 is 6.69. The van der Waals surface area contributed by atoms with Crippen molar-refractivity contribution in [1.29, 1.82) is 0 Å². The van der Waals surface area contributed by atoms with Crippen LogP contribution < -0.4 is 0 Å². The lowest BCUT2D eigenvalue weighted by molar-refractivity contribution is 0.0476. The van der Waals surface area contributed by atoms with Gasteiger partial charge in [-0.15, -0.1) is 16.4 Å². The second-order valence-electron chi connectivity index (χ2n) is 3.85. The van der Waals surface area contributed by atoms with Crippen LogP contribution >= 0.6 is 11.3 Å². The van der Waals surface area contributed by atoms with E-state index in [1.807, 2.05) is 0 Å². The minimum atomic E-state index is -0.395. The number of thiazole rings is 1. The van der Waals surface area contributed by atoms with E-state index in [1.54, 1.807) is 36.0 Å². The highest BCUT2D eigenvalue weighted by Gasteiger charge is 2.09. The molecule has 20 heavy (non-hydrogen) atoms. The van der Waals surface area contributed by atoms with Crippen LogP contribution in [0.4, 0.5) is 0 Å². The van der Waals surface area contributed by atoms with Crippen LogP contribution in [0.5, 0.6) is 0 Å². The van der Waals surface area contributed by atoms with E-state index >= 15 is 0 Å². The van der Waals surface area contributed by atoms with Crippen molar-refractivity contribution in [2.45, 2.75) is 6.61 Å². The smallest absolute Gasteiger partial charge is 0.338 e. The highest BCUT2D eigenvalue weighted by molar-refractivity contribution is 7.09. The summed E-state index contributed by atoms with van der Waals surface area (Å²) >= 11 is 1.44. The summed E-state index contributed by atoms with van der Waals surface area (Å²) in [5, 5.41) is 10.9. The zero-order valence-electron chi connectivity index (χ0n) is 10.2. The van der Waals surface area contributed by atoms with E-state index in [0.29, 0.717) is 11.3 Å². The number of hydrogen-bond donors (Lipinski definition) is 0. The molecule has 100 valence electrons. The third-order valence-corrected chi connectivity index (χ3v) is 3.28. The van der Waals surface area contributed by atoms with Crippen LogP contribution in [-0.4, -0.2) is 31.2 Å². The number of ether oxygens (including phenoxy) is 1. The van der Waals surface area contributed by atoms with E-state index in [4.69, 9.17) is 4.74 Å². The maximum Gasteiger partial charge on any atom is 0.338 e. The van der Waals surface area contributed by atoms with Crippen molar-refractivity contribution in [3.63, 3.8) is 0 Å². The molecule has 2 heterocycles. The number of carbonyl (C=O) groups is 1. The van der Waals surface area contributed by atoms with Gasteiger partial charge < -0.3 is 4.74 Å². The van der Waals surface area contributed by atoms with Crippen molar-refractivity contribution in [2.24, 2.45) is 0 Å². The lowest BCUT2D eigenvalue weighted by Crippen LogP contribution is -2.06. The fourth-order valence-corrected chi connectivity index (χ4v) is 2.09. The monoisotopic (exact) mass is 287 g/mol. The molecule has 0 amide bonds. The van der Waals surface area contributed by atoms with Gasteiger partial charge in [-0.25, -0.2) is 9.48 Å². The minimum Gasteiger partial charge on any atom is -0.456 e. The lowest BCUT2D eigenvalue weighted by atomic mass is 10.2. The largest absolute Gasteiger partial charge is 0.456 e. The van der Waals surface area contributed by atoms with Gasteiger partial charge in [-0.3, -0.25) is 4.98 Å². The SMILES string of the molecule is O=C(OCc1cncs1)c1cccc(-n2cnnn2)c1. The third-order valence-electron chi connectivity index (χ3n) is 2.52. The van der Waals surface area contributed by atoms with Crippen molar-refractivity contribution in [3.05, 3.63) is 52.7 Å². The molecular weight excluding hydrogens is 278 g/mol. The van der Waals surface area contributed by atoms with Crippen molar-refractivity contribution in [1.82, 2.24) is 25.2 Å². The first kappa shape index (κ1) is 12.4. The summed E-state index contributed by atoms with van der Waals surface area (Å²) in [6.07, 6.45) is 3.14. The molecule has 1 aromatic carbocycles. The van der Waals surface area contributed by atoms with Gasteiger partial charge in [0.2, 0.25) is 0 Å². The predicted molar refractivity (Wildman–Crippen MR) is 70.4 cm³/mol. The van der Waals surface area contributed by atoms with E-state index in [1.165, 1.54) is 22.3 Å². The average molecular weight is 287 g/mol. The number of hydrogen-bond acceptors (Lipinski definition) is 7. The molecule has 0 aliphatic heterocycles. The number of nitrogens with zero attached hydrogens (tertiary/aromatic N) is 5.